The number of thioether (sulfide) groups is 1. The summed E-state index contributed by atoms with van der Waals surface area (Å²) in [7, 11) is 0. The predicted molar refractivity (Wildman–Crippen MR) is 91.3 cm³/mol. The second-order valence-electron chi connectivity index (χ2n) is 5.11. The lowest BCUT2D eigenvalue weighted by Gasteiger charge is -2.15. The third-order valence-electron chi connectivity index (χ3n) is 2.90. The number of hydrogen-bond acceptors (Lipinski definition) is 3. The van der Waals surface area contributed by atoms with Gasteiger partial charge in [0.25, 0.3) is 0 Å². The number of benzene rings is 2. The normalized spacial score (nSPS) is 12.4. The van der Waals surface area contributed by atoms with Crippen molar-refractivity contribution in [3.63, 3.8) is 0 Å². The summed E-state index contributed by atoms with van der Waals surface area (Å²) in [4.78, 5) is 1.17. The fraction of sp³-hybridized carbons (Fsp3) is 0.294. The van der Waals surface area contributed by atoms with E-state index >= 15 is 0 Å². The summed E-state index contributed by atoms with van der Waals surface area (Å²) in [5.41, 5.74) is 7.36. The largest absolute Gasteiger partial charge is 0.491 e. The molecule has 2 aromatic carbocycles. The van der Waals surface area contributed by atoms with Crippen LogP contribution in [0.15, 0.2) is 53.4 Å². The summed E-state index contributed by atoms with van der Waals surface area (Å²) in [5, 5.41) is 0.752. The van der Waals surface area contributed by atoms with Crippen LogP contribution in [-0.4, -0.2) is 11.9 Å². The highest BCUT2D eigenvalue weighted by Gasteiger charge is 2.08. The Bertz CT molecular complexity index is 571. The highest BCUT2D eigenvalue weighted by molar-refractivity contribution is 7.99. The third-order valence-corrected chi connectivity index (χ3v) is 4.28. The first-order valence-corrected chi connectivity index (χ1v) is 8.31. The van der Waals surface area contributed by atoms with Gasteiger partial charge in [0.1, 0.15) is 5.75 Å². The molecule has 1 unspecified atom stereocenters. The molecule has 0 spiro atoms. The van der Waals surface area contributed by atoms with E-state index in [2.05, 4.69) is 0 Å². The summed E-state index contributed by atoms with van der Waals surface area (Å²) in [6, 6.07) is 15.8. The molecule has 2 rings (SSSR count). The summed E-state index contributed by atoms with van der Waals surface area (Å²) >= 11 is 7.61. The molecule has 4 heteroatoms. The van der Waals surface area contributed by atoms with E-state index in [1.807, 2.05) is 62.4 Å². The van der Waals surface area contributed by atoms with Crippen molar-refractivity contribution in [1.82, 2.24) is 0 Å². The Morgan fingerprint density at radius 1 is 1.14 bits per heavy atom. The summed E-state index contributed by atoms with van der Waals surface area (Å²) in [6.07, 6.45) is 0.167. The van der Waals surface area contributed by atoms with Crippen LogP contribution >= 0.6 is 23.4 Å². The van der Waals surface area contributed by atoms with Gasteiger partial charge in [0.15, 0.2) is 0 Å². The Kier molecular flexibility index (Phi) is 5.97. The highest BCUT2D eigenvalue weighted by atomic mass is 35.5. The maximum Gasteiger partial charge on any atom is 0.120 e. The van der Waals surface area contributed by atoms with Crippen LogP contribution in [0.3, 0.4) is 0 Å². The summed E-state index contributed by atoms with van der Waals surface area (Å²) < 4.78 is 5.70. The monoisotopic (exact) mass is 321 g/mol. The molecular weight excluding hydrogens is 302 g/mol. The summed E-state index contributed by atoms with van der Waals surface area (Å²) in [6.45, 7) is 4.03. The molecule has 0 saturated heterocycles. The van der Waals surface area contributed by atoms with Gasteiger partial charge in [-0.15, -0.1) is 11.8 Å². The minimum Gasteiger partial charge on any atom is -0.491 e. The molecule has 0 amide bonds. The van der Waals surface area contributed by atoms with E-state index in [9.17, 15) is 0 Å². The van der Waals surface area contributed by atoms with Crippen molar-refractivity contribution in [1.29, 1.82) is 0 Å². The molecule has 0 heterocycles. The van der Waals surface area contributed by atoms with Crippen molar-refractivity contribution in [2.45, 2.75) is 30.9 Å². The number of ether oxygens (including phenoxy) is 1. The lowest BCUT2D eigenvalue weighted by molar-refractivity contribution is 0.242. The quantitative estimate of drug-likeness (QED) is 0.767. The maximum absolute atomic E-state index is 6.27. The van der Waals surface area contributed by atoms with Crippen molar-refractivity contribution >= 4 is 23.4 Å². The number of nitrogens with two attached hydrogens (primary N) is 1. The molecule has 0 fully saturated rings. The molecule has 2 nitrogen and oxygen atoms in total. The first-order valence-electron chi connectivity index (χ1n) is 6.95. The van der Waals surface area contributed by atoms with Crippen LogP contribution in [-0.2, 0) is 0 Å². The fourth-order valence-corrected chi connectivity index (χ4v) is 2.92. The highest BCUT2D eigenvalue weighted by Crippen LogP contribution is 2.26. The molecule has 2 aromatic rings. The molecule has 1 atom stereocenters. The second kappa shape index (κ2) is 7.74. The molecule has 21 heavy (non-hydrogen) atoms. The maximum atomic E-state index is 6.27. The van der Waals surface area contributed by atoms with Crippen molar-refractivity contribution in [2.75, 3.05) is 5.75 Å². The van der Waals surface area contributed by atoms with Crippen LogP contribution in [0.5, 0.6) is 5.75 Å². The zero-order chi connectivity index (χ0) is 15.2. The van der Waals surface area contributed by atoms with Gasteiger partial charge >= 0.3 is 0 Å². The zero-order valence-electron chi connectivity index (χ0n) is 12.3. The predicted octanol–water partition coefficient (Wildman–Crippen LogP) is 4.92. The van der Waals surface area contributed by atoms with Crippen molar-refractivity contribution in [3.05, 3.63) is 59.1 Å². The summed E-state index contributed by atoms with van der Waals surface area (Å²) in [5.74, 6) is 1.68. The van der Waals surface area contributed by atoms with Gasteiger partial charge in [-0.05, 0) is 55.8 Å². The average Bonchev–Trinajstić information content (AvgIpc) is 2.46. The minimum absolute atomic E-state index is 0.0265. The molecule has 0 aromatic heterocycles. The number of rotatable bonds is 6. The molecular formula is C17H20ClNOS. The van der Waals surface area contributed by atoms with E-state index in [0.29, 0.717) is 0 Å². The fourth-order valence-electron chi connectivity index (χ4n) is 1.90. The Labute approximate surface area is 135 Å². The molecule has 0 radical (unpaired) electrons. The van der Waals surface area contributed by atoms with Crippen LogP contribution in [0.2, 0.25) is 5.02 Å². The van der Waals surface area contributed by atoms with E-state index < -0.39 is 0 Å². The van der Waals surface area contributed by atoms with Crippen LogP contribution in [0, 0.1) is 0 Å². The van der Waals surface area contributed by atoms with Gasteiger partial charge in [-0.1, -0.05) is 23.7 Å². The van der Waals surface area contributed by atoms with Crippen molar-refractivity contribution in [3.8, 4) is 5.75 Å². The number of hydrogen-bond donors (Lipinski definition) is 1. The average molecular weight is 322 g/mol. The van der Waals surface area contributed by atoms with Crippen LogP contribution in [0.1, 0.15) is 25.5 Å². The standard InChI is InChI=1S/C17H20ClNOS/c1-12(2)20-15-5-3-4-13(10-15)17(19)11-21-16-8-6-14(18)7-9-16/h3-10,12,17H,11,19H2,1-2H3. The SMILES string of the molecule is CC(C)Oc1cccc(C(N)CSc2ccc(Cl)cc2)c1. The second-order valence-corrected chi connectivity index (χ2v) is 6.64. The Morgan fingerprint density at radius 3 is 2.52 bits per heavy atom. The van der Waals surface area contributed by atoms with Gasteiger partial charge < -0.3 is 10.5 Å². The smallest absolute Gasteiger partial charge is 0.120 e. The Balaban J connectivity index is 1.96. The van der Waals surface area contributed by atoms with Gasteiger partial charge in [-0.3, -0.25) is 0 Å². The minimum atomic E-state index is -0.0265. The van der Waals surface area contributed by atoms with Crippen molar-refractivity contribution in [2.24, 2.45) is 5.73 Å². The lowest BCUT2D eigenvalue weighted by atomic mass is 10.1. The molecule has 2 N–H and O–H groups in total. The first-order chi connectivity index (χ1) is 10.0. The Morgan fingerprint density at radius 2 is 1.86 bits per heavy atom. The lowest BCUT2D eigenvalue weighted by Crippen LogP contribution is -2.13. The van der Waals surface area contributed by atoms with Gasteiger partial charge in [0.05, 0.1) is 6.10 Å². The van der Waals surface area contributed by atoms with Gasteiger partial charge in [0.2, 0.25) is 0 Å². The van der Waals surface area contributed by atoms with Crippen molar-refractivity contribution < 1.29 is 4.74 Å². The van der Waals surface area contributed by atoms with Gasteiger partial charge in [0, 0.05) is 21.7 Å². The zero-order valence-corrected chi connectivity index (χ0v) is 13.8. The van der Waals surface area contributed by atoms with Gasteiger partial charge in [-0.25, -0.2) is 0 Å². The van der Waals surface area contributed by atoms with Crippen LogP contribution in [0.25, 0.3) is 0 Å². The Hall–Kier alpha value is -1.16. The third kappa shape index (κ3) is 5.27. The molecule has 0 aliphatic carbocycles. The van der Waals surface area contributed by atoms with E-state index in [1.165, 1.54) is 4.90 Å². The molecule has 0 saturated carbocycles. The van der Waals surface area contributed by atoms with E-state index in [-0.39, 0.29) is 12.1 Å². The first kappa shape index (κ1) is 16.2. The van der Waals surface area contributed by atoms with E-state index in [1.54, 1.807) is 11.8 Å². The van der Waals surface area contributed by atoms with Gasteiger partial charge in [-0.2, -0.15) is 0 Å². The van der Waals surface area contributed by atoms with E-state index in [0.717, 1.165) is 22.1 Å². The topological polar surface area (TPSA) is 35.2 Å². The van der Waals surface area contributed by atoms with E-state index in [4.69, 9.17) is 22.1 Å². The molecule has 0 aliphatic heterocycles. The molecule has 0 bridgehead atoms. The van der Waals surface area contributed by atoms with Crippen LogP contribution in [0.4, 0.5) is 0 Å². The van der Waals surface area contributed by atoms with Crippen LogP contribution < -0.4 is 10.5 Å². The molecule has 112 valence electrons. The molecule has 0 aliphatic rings. The number of halogens is 1.